The Morgan fingerprint density at radius 1 is 0.972 bits per heavy atom. The lowest BCUT2D eigenvalue weighted by molar-refractivity contribution is -0.131. The van der Waals surface area contributed by atoms with E-state index in [1.54, 1.807) is 15.9 Å². The van der Waals surface area contributed by atoms with Gasteiger partial charge in [-0.1, -0.05) is 12.1 Å². The van der Waals surface area contributed by atoms with Gasteiger partial charge in [0.2, 0.25) is 11.8 Å². The van der Waals surface area contributed by atoms with Crippen LogP contribution in [0, 0.1) is 19.8 Å². The molecule has 2 fully saturated rings. The third kappa shape index (κ3) is 5.05. The average Bonchev–Trinajstić information content (AvgIpc) is 3.63. The number of amides is 2. The summed E-state index contributed by atoms with van der Waals surface area (Å²) in [5, 5.41) is 0. The number of fused-ring (bicyclic) bond motifs is 1. The van der Waals surface area contributed by atoms with Gasteiger partial charge in [-0.15, -0.1) is 0 Å². The highest BCUT2D eigenvalue weighted by Crippen LogP contribution is 2.39. The quantitative estimate of drug-likeness (QED) is 0.524. The van der Waals surface area contributed by atoms with Gasteiger partial charge in [-0.3, -0.25) is 9.59 Å². The molecule has 2 heterocycles. The van der Waals surface area contributed by atoms with Crippen molar-refractivity contribution in [3.8, 4) is 0 Å². The van der Waals surface area contributed by atoms with Crippen molar-refractivity contribution in [3.63, 3.8) is 0 Å². The summed E-state index contributed by atoms with van der Waals surface area (Å²) in [6, 6.07) is 9.82. The molecule has 0 N–H and O–H groups in total. The summed E-state index contributed by atoms with van der Waals surface area (Å²) < 4.78 is 27.0. The fourth-order valence-corrected chi connectivity index (χ4v) is 7.59. The average molecular weight is 575 g/mol. The van der Waals surface area contributed by atoms with E-state index in [0.717, 1.165) is 37.9 Å². The number of benzene rings is 2. The zero-order valence-electron chi connectivity index (χ0n) is 20.8. The van der Waals surface area contributed by atoms with Crippen molar-refractivity contribution >= 4 is 49.0 Å². The number of hydrogen-bond acceptors (Lipinski definition) is 5. The molecule has 0 atom stereocenters. The molecule has 0 unspecified atom stereocenters. The molecule has 9 heteroatoms. The fourth-order valence-electron chi connectivity index (χ4n) is 5.15. The molecule has 0 aromatic heterocycles. The molecule has 1 saturated carbocycles. The Hall–Kier alpha value is -2.39. The van der Waals surface area contributed by atoms with E-state index in [9.17, 15) is 18.0 Å². The van der Waals surface area contributed by atoms with Gasteiger partial charge in [-0.2, -0.15) is 0 Å². The second kappa shape index (κ2) is 9.82. The molecule has 2 aliphatic heterocycles. The monoisotopic (exact) mass is 573 g/mol. The van der Waals surface area contributed by atoms with Gasteiger partial charge in [-0.05, 0) is 83.9 Å². The maximum Gasteiger partial charge on any atom is 0.230 e. The summed E-state index contributed by atoms with van der Waals surface area (Å²) in [5.74, 6) is -0.221. The molecule has 7 nitrogen and oxygen atoms in total. The second-order valence-corrected chi connectivity index (χ2v) is 13.1. The summed E-state index contributed by atoms with van der Waals surface area (Å²) in [5.41, 5.74) is 5.29. The predicted molar refractivity (Wildman–Crippen MR) is 144 cm³/mol. The van der Waals surface area contributed by atoms with Crippen molar-refractivity contribution in [3.05, 3.63) is 51.5 Å². The second-order valence-electron chi connectivity index (χ2n) is 10.2. The number of aryl methyl sites for hydroxylation is 2. The summed E-state index contributed by atoms with van der Waals surface area (Å²) >= 11 is 3.42. The van der Waals surface area contributed by atoms with Gasteiger partial charge < -0.3 is 14.7 Å². The van der Waals surface area contributed by atoms with Crippen molar-refractivity contribution in [1.29, 1.82) is 0 Å². The molecule has 0 spiro atoms. The molecule has 36 heavy (non-hydrogen) atoms. The Morgan fingerprint density at radius 3 is 2.39 bits per heavy atom. The maximum atomic E-state index is 13.3. The van der Waals surface area contributed by atoms with Crippen LogP contribution in [0.3, 0.4) is 0 Å². The third-order valence-electron chi connectivity index (χ3n) is 7.48. The van der Waals surface area contributed by atoms with E-state index in [2.05, 4.69) is 52.9 Å². The molecule has 1 saturated heterocycles. The van der Waals surface area contributed by atoms with Crippen LogP contribution in [0.1, 0.15) is 36.0 Å². The molecular weight excluding hydrogens is 542 g/mol. The van der Waals surface area contributed by atoms with Crippen LogP contribution in [0.2, 0.25) is 0 Å². The Labute approximate surface area is 221 Å². The van der Waals surface area contributed by atoms with Crippen molar-refractivity contribution in [2.24, 2.45) is 5.92 Å². The molecule has 5 rings (SSSR count). The van der Waals surface area contributed by atoms with Crippen LogP contribution in [-0.2, 0) is 25.8 Å². The van der Waals surface area contributed by atoms with E-state index in [0.29, 0.717) is 29.8 Å². The smallest absolute Gasteiger partial charge is 0.230 e. The van der Waals surface area contributed by atoms with Crippen LogP contribution < -0.4 is 9.80 Å². The third-order valence-corrected chi connectivity index (χ3v) is 10.1. The van der Waals surface area contributed by atoms with Gasteiger partial charge in [0, 0.05) is 60.9 Å². The Kier molecular flexibility index (Phi) is 6.89. The number of sulfone groups is 1. The first-order valence-electron chi connectivity index (χ1n) is 12.6. The van der Waals surface area contributed by atoms with E-state index < -0.39 is 9.84 Å². The molecule has 2 aromatic carbocycles. The highest BCUT2D eigenvalue weighted by Gasteiger charge is 2.37. The SMILES string of the molecule is Cc1ccc(C)c(N2CCN(C(=O)CCS(=O)(=O)c3cc4c(cc3Br)CCN4C(=O)C3CC3)CC2)c1. The number of nitrogens with zero attached hydrogens (tertiary/aromatic N) is 3. The van der Waals surface area contributed by atoms with E-state index in [1.165, 1.54) is 16.8 Å². The number of carbonyl (C=O) groups is 2. The van der Waals surface area contributed by atoms with E-state index in [1.807, 2.05) is 6.07 Å². The number of anilines is 2. The van der Waals surface area contributed by atoms with Crippen LogP contribution >= 0.6 is 15.9 Å². The number of hydrogen-bond donors (Lipinski definition) is 0. The number of rotatable bonds is 6. The first-order chi connectivity index (χ1) is 17.1. The Morgan fingerprint density at radius 2 is 1.69 bits per heavy atom. The minimum atomic E-state index is -3.71. The lowest BCUT2D eigenvalue weighted by Gasteiger charge is -2.37. The zero-order chi connectivity index (χ0) is 25.6. The number of halogens is 1. The Bertz CT molecular complexity index is 1310. The molecular formula is C27H32BrN3O4S. The van der Waals surface area contributed by atoms with Gasteiger partial charge in [0.05, 0.1) is 10.6 Å². The summed E-state index contributed by atoms with van der Waals surface area (Å²) in [6.45, 7) is 7.36. The summed E-state index contributed by atoms with van der Waals surface area (Å²) in [4.78, 5) is 31.5. The zero-order valence-corrected chi connectivity index (χ0v) is 23.2. The molecule has 3 aliphatic rings. The largest absolute Gasteiger partial charge is 0.368 e. The number of carbonyl (C=O) groups excluding carboxylic acids is 2. The standard InChI is InChI=1S/C27H32BrN3O4S/c1-18-3-4-19(2)23(15-18)29-10-12-30(13-11-29)26(32)8-14-36(34,35)25-17-24-21(16-22(25)28)7-9-31(24)27(33)20-5-6-20/h3-4,15-17,20H,5-14H2,1-2H3. The minimum Gasteiger partial charge on any atom is -0.368 e. The van der Waals surface area contributed by atoms with Crippen LogP contribution in [0.15, 0.2) is 39.7 Å². The molecule has 1 aliphatic carbocycles. The highest BCUT2D eigenvalue weighted by atomic mass is 79.9. The summed E-state index contributed by atoms with van der Waals surface area (Å²) in [7, 11) is -3.71. The van der Waals surface area contributed by atoms with Crippen LogP contribution in [0.4, 0.5) is 11.4 Å². The molecule has 2 aromatic rings. The molecule has 0 bridgehead atoms. The van der Waals surface area contributed by atoms with Crippen LogP contribution in [0.25, 0.3) is 0 Å². The molecule has 192 valence electrons. The van der Waals surface area contributed by atoms with Gasteiger partial charge in [0.1, 0.15) is 0 Å². The van der Waals surface area contributed by atoms with E-state index in [4.69, 9.17) is 0 Å². The Balaban J connectivity index is 1.22. The normalized spacial score (nSPS) is 17.9. The first kappa shape index (κ1) is 25.3. The van der Waals surface area contributed by atoms with Crippen LogP contribution in [-0.4, -0.2) is 63.6 Å². The van der Waals surface area contributed by atoms with Gasteiger partial charge in [-0.25, -0.2) is 8.42 Å². The fraction of sp³-hybridized carbons (Fsp3) is 0.481. The maximum absolute atomic E-state index is 13.3. The van der Waals surface area contributed by atoms with Gasteiger partial charge in [0.25, 0.3) is 0 Å². The van der Waals surface area contributed by atoms with Crippen molar-refractivity contribution in [1.82, 2.24) is 4.90 Å². The summed E-state index contributed by atoms with van der Waals surface area (Å²) in [6.07, 6.45) is 2.49. The van der Waals surface area contributed by atoms with Crippen molar-refractivity contribution in [2.45, 2.75) is 44.4 Å². The van der Waals surface area contributed by atoms with Crippen molar-refractivity contribution < 1.29 is 18.0 Å². The molecule has 0 radical (unpaired) electrons. The lowest BCUT2D eigenvalue weighted by atomic mass is 10.1. The van der Waals surface area contributed by atoms with Crippen molar-refractivity contribution in [2.75, 3.05) is 48.3 Å². The highest BCUT2D eigenvalue weighted by molar-refractivity contribution is 9.10. The molecule has 2 amide bonds. The topological polar surface area (TPSA) is 78.0 Å². The van der Waals surface area contributed by atoms with Gasteiger partial charge >= 0.3 is 0 Å². The van der Waals surface area contributed by atoms with E-state index in [-0.39, 0.29) is 34.8 Å². The predicted octanol–water partition coefficient (Wildman–Crippen LogP) is 3.88. The van der Waals surface area contributed by atoms with Crippen LogP contribution in [0.5, 0.6) is 0 Å². The first-order valence-corrected chi connectivity index (χ1v) is 15.0. The minimum absolute atomic E-state index is 0.0555. The van der Waals surface area contributed by atoms with Gasteiger partial charge in [0.15, 0.2) is 9.84 Å². The lowest BCUT2D eigenvalue weighted by Crippen LogP contribution is -2.49. The van der Waals surface area contributed by atoms with E-state index >= 15 is 0 Å². The number of piperazine rings is 1.